The van der Waals surface area contributed by atoms with Crippen LogP contribution in [-0.2, 0) is 4.79 Å². The maximum absolute atomic E-state index is 12.1. The fraction of sp³-hybridized carbons (Fsp3) is 0.400. The van der Waals surface area contributed by atoms with Crippen molar-refractivity contribution in [3.05, 3.63) is 46.0 Å². The predicted octanol–water partition coefficient (Wildman–Crippen LogP) is 3.25. The van der Waals surface area contributed by atoms with Crippen LogP contribution in [0.25, 0.3) is 6.08 Å². The largest absolute Gasteiger partial charge is 0.334 e. The number of nitro groups is 1. The summed E-state index contributed by atoms with van der Waals surface area (Å²) in [7, 11) is 0. The van der Waals surface area contributed by atoms with Gasteiger partial charge in [-0.2, -0.15) is 0 Å². The van der Waals surface area contributed by atoms with Crippen LogP contribution in [0, 0.1) is 10.1 Å². The highest BCUT2D eigenvalue weighted by atomic mass is 16.6. The molecule has 0 bridgehead atoms. The van der Waals surface area contributed by atoms with Crippen LogP contribution in [0.5, 0.6) is 0 Å². The zero-order valence-electron chi connectivity index (χ0n) is 12.2. The van der Waals surface area contributed by atoms with Gasteiger partial charge in [0, 0.05) is 30.3 Å². The highest BCUT2D eigenvalue weighted by Gasteiger charge is 2.17. The summed E-state index contributed by atoms with van der Waals surface area (Å²) in [6.07, 6.45) is 3.06. The molecule has 0 saturated heterocycles. The highest BCUT2D eigenvalue weighted by molar-refractivity contribution is 5.92. The third-order valence-corrected chi connectivity index (χ3v) is 2.87. The van der Waals surface area contributed by atoms with Crippen LogP contribution in [0.15, 0.2) is 30.3 Å². The third kappa shape index (κ3) is 4.19. The smallest absolute Gasteiger partial charge is 0.270 e. The average molecular weight is 276 g/mol. The van der Waals surface area contributed by atoms with E-state index in [9.17, 15) is 14.9 Å². The van der Waals surface area contributed by atoms with Gasteiger partial charge in [-0.05, 0) is 39.3 Å². The van der Waals surface area contributed by atoms with Crippen LogP contribution in [0.1, 0.15) is 33.3 Å². The molecular weight excluding hydrogens is 256 g/mol. The first-order valence-electron chi connectivity index (χ1n) is 6.57. The molecule has 0 N–H and O–H groups in total. The molecule has 20 heavy (non-hydrogen) atoms. The molecule has 0 aliphatic rings. The molecule has 0 spiro atoms. The van der Waals surface area contributed by atoms with Gasteiger partial charge in [0.2, 0.25) is 5.91 Å². The summed E-state index contributed by atoms with van der Waals surface area (Å²) in [6.45, 7) is 7.83. The number of benzene rings is 1. The van der Waals surface area contributed by atoms with Crippen molar-refractivity contribution in [2.45, 2.75) is 39.8 Å². The second-order valence-corrected chi connectivity index (χ2v) is 5.12. The van der Waals surface area contributed by atoms with Gasteiger partial charge in [-0.3, -0.25) is 14.9 Å². The maximum atomic E-state index is 12.1. The molecule has 0 radical (unpaired) electrons. The molecule has 0 saturated carbocycles. The second kappa shape index (κ2) is 6.84. The molecule has 1 amide bonds. The number of amides is 1. The van der Waals surface area contributed by atoms with Crippen molar-refractivity contribution in [1.29, 1.82) is 0 Å². The van der Waals surface area contributed by atoms with E-state index in [1.165, 1.54) is 18.2 Å². The maximum Gasteiger partial charge on any atom is 0.270 e. The third-order valence-electron chi connectivity index (χ3n) is 2.87. The van der Waals surface area contributed by atoms with Crippen molar-refractivity contribution >= 4 is 17.7 Å². The molecule has 0 heterocycles. The number of hydrogen-bond acceptors (Lipinski definition) is 3. The van der Waals surface area contributed by atoms with Gasteiger partial charge in [0.15, 0.2) is 0 Å². The fourth-order valence-corrected chi connectivity index (χ4v) is 2.10. The molecule has 0 aromatic heterocycles. The molecule has 5 heteroatoms. The molecule has 1 rings (SSSR count). The van der Waals surface area contributed by atoms with E-state index in [-0.39, 0.29) is 23.7 Å². The van der Waals surface area contributed by atoms with Gasteiger partial charge in [-0.1, -0.05) is 12.1 Å². The Kier molecular flexibility index (Phi) is 5.43. The van der Waals surface area contributed by atoms with E-state index in [2.05, 4.69) is 0 Å². The van der Waals surface area contributed by atoms with Crippen LogP contribution >= 0.6 is 0 Å². The zero-order chi connectivity index (χ0) is 15.3. The van der Waals surface area contributed by atoms with Crippen LogP contribution in [0.3, 0.4) is 0 Å². The number of nitro benzene ring substituents is 1. The highest BCUT2D eigenvalue weighted by Crippen LogP contribution is 2.15. The molecule has 1 aromatic rings. The normalized spacial score (nSPS) is 11.3. The number of rotatable bonds is 5. The lowest BCUT2D eigenvalue weighted by molar-refractivity contribution is -0.384. The zero-order valence-corrected chi connectivity index (χ0v) is 12.2. The number of carbonyl (C=O) groups excluding carboxylic acids is 1. The van der Waals surface area contributed by atoms with Crippen molar-refractivity contribution in [2.75, 3.05) is 0 Å². The Hall–Kier alpha value is -2.17. The Balaban J connectivity index is 2.89. The molecular formula is C15H20N2O3. The number of non-ortho nitro benzene ring substituents is 1. The summed E-state index contributed by atoms with van der Waals surface area (Å²) >= 11 is 0. The van der Waals surface area contributed by atoms with Crippen LogP contribution in [0.2, 0.25) is 0 Å². The van der Waals surface area contributed by atoms with Crippen LogP contribution < -0.4 is 0 Å². The summed E-state index contributed by atoms with van der Waals surface area (Å²) in [5.74, 6) is -0.0958. The topological polar surface area (TPSA) is 63.5 Å². The minimum atomic E-state index is -0.451. The van der Waals surface area contributed by atoms with Crippen molar-refractivity contribution in [1.82, 2.24) is 4.90 Å². The van der Waals surface area contributed by atoms with E-state index in [1.807, 2.05) is 27.7 Å². The molecule has 0 aliphatic carbocycles. The van der Waals surface area contributed by atoms with Gasteiger partial charge < -0.3 is 4.90 Å². The van der Waals surface area contributed by atoms with E-state index in [1.54, 1.807) is 23.1 Å². The summed E-state index contributed by atoms with van der Waals surface area (Å²) in [5.41, 5.74) is 0.657. The Labute approximate surface area is 119 Å². The van der Waals surface area contributed by atoms with Gasteiger partial charge >= 0.3 is 0 Å². The standard InChI is InChI=1S/C15H20N2O3/c1-11(2)16(12(3)4)15(18)9-8-13-6-5-7-14(10-13)17(19)20/h5-12H,1-4H3. The molecule has 108 valence electrons. The van der Waals surface area contributed by atoms with E-state index >= 15 is 0 Å². The lowest BCUT2D eigenvalue weighted by Gasteiger charge is -2.29. The molecule has 0 aliphatic heterocycles. The number of carbonyl (C=O) groups is 1. The lowest BCUT2D eigenvalue weighted by atomic mass is 10.1. The van der Waals surface area contributed by atoms with E-state index in [0.717, 1.165) is 0 Å². The minimum Gasteiger partial charge on any atom is -0.334 e. The van der Waals surface area contributed by atoms with E-state index < -0.39 is 4.92 Å². The summed E-state index contributed by atoms with van der Waals surface area (Å²) < 4.78 is 0. The molecule has 1 aromatic carbocycles. The Morgan fingerprint density at radius 3 is 2.35 bits per heavy atom. The minimum absolute atomic E-state index is 0.0178. The van der Waals surface area contributed by atoms with Crippen molar-refractivity contribution in [2.24, 2.45) is 0 Å². The summed E-state index contributed by atoms with van der Waals surface area (Å²) in [5, 5.41) is 10.7. The predicted molar refractivity (Wildman–Crippen MR) is 79.2 cm³/mol. The van der Waals surface area contributed by atoms with Gasteiger partial charge in [0.05, 0.1) is 4.92 Å². The monoisotopic (exact) mass is 276 g/mol. The first kappa shape index (κ1) is 15.9. The van der Waals surface area contributed by atoms with Gasteiger partial charge in [0.25, 0.3) is 5.69 Å². The van der Waals surface area contributed by atoms with Crippen LogP contribution in [-0.4, -0.2) is 27.8 Å². The van der Waals surface area contributed by atoms with Gasteiger partial charge in [0.1, 0.15) is 0 Å². The summed E-state index contributed by atoms with van der Waals surface area (Å²) in [6, 6.07) is 6.41. The lowest BCUT2D eigenvalue weighted by Crippen LogP contribution is -2.41. The first-order chi connectivity index (χ1) is 9.32. The van der Waals surface area contributed by atoms with Gasteiger partial charge in [-0.15, -0.1) is 0 Å². The average Bonchev–Trinajstić information content (AvgIpc) is 2.35. The SMILES string of the molecule is CC(C)N(C(=O)C=Cc1cccc([N+](=O)[O-])c1)C(C)C. The first-order valence-corrected chi connectivity index (χ1v) is 6.57. The number of hydrogen-bond donors (Lipinski definition) is 0. The van der Waals surface area contributed by atoms with Gasteiger partial charge in [-0.25, -0.2) is 0 Å². The Bertz CT molecular complexity index is 514. The van der Waals surface area contributed by atoms with Crippen molar-refractivity contribution < 1.29 is 9.72 Å². The number of nitrogens with zero attached hydrogens (tertiary/aromatic N) is 2. The quantitative estimate of drug-likeness (QED) is 0.471. The molecule has 5 nitrogen and oxygen atoms in total. The second-order valence-electron chi connectivity index (χ2n) is 5.12. The van der Waals surface area contributed by atoms with Crippen LogP contribution in [0.4, 0.5) is 5.69 Å². The molecule has 0 fully saturated rings. The molecule has 0 atom stereocenters. The Morgan fingerprint density at radius 2 is 1.85 bits per heavy atom. The van der Waals surface area contributed by atoms with E-state index in [4.69, 9.17) is 0 Å². The van der Waals surface area contributed by atoms with E-state index in [0.29, 0.717) is 5.56 Å². The summed E-state index contributed by atoms with van der Waals surface area (Å²) in [4.78, 5) is 24.1. The fourth-order valence-electron chi connectivity index (χ4n) is 2.10. The van der Waals surface area contributed by atoms with Crippen molar-refractivity contribution in [3.63, 3.8) is 0 Å². The Morgan fingerprint density at radius 1 is 1.25 bits per heavy atom. The molecule has 0 unspecified atom stereocenters. The van der Waals surface area contributed by atoms with Crippen molar-refractivity contribution in [3.8, 4) is 0 Å².